The average molecular weight is 329 g/mol. The van der Waals surface area contributed by atoms with Crippen molar-refractivity contribution in [1.82, 2.24) is 15.5 Å². The van der Waals surface area contributed by atoms with E-state index in [9.17, 15) is 4.79 Å². The summed E-state index contributed by atoms with van der Waals surface area (Å²) in [5, 5.41) is 6.14. The first-order valence-electron chi connectivity index (χ1n) is 9.57. The Kier molecular flexibility index (Phi) is 6.13. The van der Waals surface area contributed by atoms with Gasteiger partial charge in [-0.3, -0.25) is 0 Å². The first-order chi connectivity index (χ1) is 11.7. The molecule has 1 aromatic carbocycles. The fourth-order valence-corrected chi connectivity index (χ4v) is 4.07. The zero-order chi connectivity index (χ0) is 16.8. The van der Waals surface area contributed by atoms with E-state index in [0.29, 0.717) is 0 Å². The molecule has 1 saturated heterocycles. The van der Waals surface area contributed by atoms with E-state index in [0.717, 1.165) is 31.7 Å². The van der Waals surface area contributed by atoms with Crippen molar-refractivity contribution in [1.29, 1.82) is 0 Å². The van der Waals surface area contributed by atoms with Crippen LogP contribution in [-0.4, -0.2) is 37.1 Å². The van der Waals surface area contributed by atoms with Gasteiger partial charge in [0.2, 0.25) is 0 Å². The molecule has 1 aliphatic heterocycles. The molecule has 0 bridgehead atoms. The van der Waals surface area contributed by atoms with Crippen LogP contribution in [0.25, 0.3) is 0 Å². The molecule has 0 radical (unpaired) electrons. The summed E-state index contributed by atoms with van der Waals surface area (Å²) in [4.78, 5) is 14.7. The maximum absolute atomic E-state index is 12.1. The summed E-state index contributed by atoms with van der Waals surface area (Å²) in [6.45, 7) is 6.78. The van der Waals surface area contributed by atoms with Crippen LogP contribution in [0.1, 0.15) is 56.2 Å². The van der Waals surface area contributed by atoms with E-state index in [1.54, 1.807) is 0 Å². The number of fused-ring (bicyclic) bond motifs is 1. The molecule has 2 N–H and O–H groups in total. The number of amides is 2. The zero-order valence-corrected chi connectivity index (χ0v) is 14.9. The van der Waals surface area contributed by atoms with Crippen LogP contribution in [0, 0.1) is 5.92 Å². The van der Waals surface area contributed by atoms with Crippen molar-refractivity contribution in [2.75, 3.05) is 26.2 Å². The van der Waals surface area contributed by atoms with E-state index in [4.69, 9.17) is 0 Å². The number of piperidine rings is 1. The number of carbonyl (C=O) groups is 1. The molecule has 0 saturated carbocycles. The summed E-state index contributed by atoms with van der Waals surface area (Å²) in [5.74, 6) is 0.844. The largest absolute Gasteiger partial charge is 0.338 e. The highest BCUT2D eigenvalue weighted by Crippen LogP contribution is 2.30. The van der Waals surface area contributed by atoms with Crippen LogP contribution in [0.5, 0.6) is 0 Å². The number of unbranched alkanes of at least 4 members (excludes halogenated alkanes) is 1. The molecule has 2 atom stereocenters. The first kappa shape index (κ1) is 17.3. The lowest BCUT2D eigenvalue weighted by atomic mass is 10.0. The van der Waals surface area contributed by atoms with E-state index in [1.165, 1.54) is 50.0 Å². The van der Waals surface area contributed by atoms with Crippen molar-refractivity contribution >= 4 is 6.03 Å². The van der Waals surface area contributed by atoms with E-state index in [-0.39, 0.29) is 12.1 Å². The molecule has 3 rings (SSSR count). The number of aryl methyl sites for hydroxylation is 1. The molecule has 0 unspecified atom stereocenters. The first-order valence-corrected chi connectivity index (χ1v) is 9.57. The van der Waals surface area contributed by atoms with Gasteiger partial charge in [-0.05, 0) is 68.7 Å². The van der Waals surface area contributed by atoms with E-state index < -0.39 is 0 Å². The van der Waals surface area contributed by atoms with Gasteiger partial charge >= 0.3 is 6.03 Å². The average Bonchev–Trinajstić information content (AvgIpc) is 2.98. The van der Waals surface area contributed by atoms with Crippen molar-refractivity contribution in [3.63, 3.8) is 0 Å². The number of rotatable bonds is 6. The van der Waals surface area contributed by atoms with Gasteiger partial charge in [0, 0.05) is 13.1 Å². The van der Waals surface area contributed by atoms with Crippen LogP contribution in [-0.2, 0) is 6.42 Å². The Bertz CT molecular complexity index is 545. The summed E-state index contributed by atoms with van der Waals surface area (Å²) in [6, 6.07) is 8.57. The van der Waals surface area contributed by atoms with Crippen LogP contribution in [0.2, 0.25) is 0 Å². The molecule has 1 aliphatic carbocycles. The van der Waals surface area contributed by atoms with Crippen molar-refractivity contribution in [2.24, 2.45) is 5.92 Å². The van der Waals surface area contributed by atoms with Crippen LogP contribution in [0.4, 0.5) is 4.79 Å². The van der Waals surface area contributed by atoms with Crippen LogP contribution >= 0.6 is 0 Å². The van der Waals surface area contributed by atoms with Crippen molar-refractivity contribution in [3.05, 3.63) is 35.4 Å². The summed E-state index contributed by atoms with van der Waals surface area (Å²) in [7, 11) is 0. The van der Waals surface area contributed by atoms with E-state index >= 15 is 0 Å². The van der Waals surface area contributed by atoms with Gasteiger partial charge in [0.15, 0.2) is 0 Å². The highest BCUT2D eigenvalue weighted by molar-refractivity contribution is 5.74. The second-order valence-electron chi connectivity index (χ2n) is 7.45. The predicted molar refractivity (Wildman–Crippen MR) is 98.1 cm³/mol. The molecule has 1 aromatic rings. The Hall–Kier alpha value is -1.55. The van der Waals surface area contributed by atoms with Gasteiger partial charge < -0.3 is 15.5 Å². The molecule has 2 aliphatic rings. The van der Waals surface area contributed by atoms with Gasteiger partial charge in [-0.2, -0.15) is 0 Å². The van der Waals surface area contributed by atoms with Gasteiger partial charge in [0.25, 0.3) is 0 Å². The number of benzene rings is 1. The molecule has 132 valence electrons. The molecule has 2 amide bonds. The van der Waals surface area contributed by atoms with Crippen molar-refractivity contribution in [3.8, 4) is 0 Å². The summed E-state index contributed by atoms with van der Waals surface area (Å²) < 4.78 is 0. The van der Waals surface area contributed by atoms with Gasteiger partial charge in [-0.1, -0.05) is 31.2 Å². The third kappa shape index (κ3) is 4.73. The van der Waals surface area contributed by atoms with Crippen molar-refractivity contribution < 1.29 is 4.79 Å². The highest BCUT2D eigenvalue weighted by Gasteiger charge is 2.23. The third-order valence-corrected chi connectivity index (χ3v) is 5.37. The van der Waals surface area contributed by atoms with Crippen LogP contribution in [0.3, 0.4) is 0 Å². The molecular weight excluding hydrogens is 298 g/mol. The third-order valence-electron chi connectivity index (χ3n) is 5.37. The Morgan fingerprint density at radius 1 is 1.25 bits per heavy atom. The lowest BCUT2D eigenvalue weighted by Gasteiger charge is -2.30. The lowest BCUT2D eigenvalue weighted by Crippen LogP contribution is -2.38. The molecule has 4 heteroatoms. The van der Waals surface area contributed by atoms with Gasteiger partial charge in [-0.25, -0.2) is 4.79 Å². The normalized spacial score (nSPS) is 23.7. The molecule has 0 spiro atoms. The number of likely N-dealkylation sites (tertiary alicyclic amines) is 1. The summed E-state index contributed by atoms with van der Waals surface area (Å²) >= 11 is 0. The minimum absolute atomic E-state index is 0.0247. The summed E-state index contributed by atoms with van der Waals surface area (Å²) in [6.07, 6.45) is 7.02. The zero-order valence-electron chi connectivity index (χ0n) is 14.9. The quantitative estimate of drug-likeness (QED) is 0.785. The van der Waals surface area contributed by atoms with Gasteiger partial charge in [-0.15, -0.1) is 0 Å². The van der Waals surface area contributed by atoms with Crippen LogP contribution in [0.15, 0.2) is 24.3 Å². The van der Waals surface area contributed by atoms with Gasteiger partial charge in [0.05, 0.1) is 6.04 Å². The second kappa shape index (κ2) is 8.52. The fourth-order valence-electron chi connectivity index (χ4n) is 4.07. The van der Waals surface area contributed by atoms with E-state index in [1.807, 2.05) is 0 Å². The Balaban J connectivity index is 1.29. The second-order valence-corrected chi connectivity index (χ2v) is 7.45. The lowest BCUT2D eigenvalue weighted by molar-refractivity contribution is 0.181. The number of hydrogen-bond acceptors (Lipinski definition) is 2. The Morgan fingerprint density at radius 3 is 3.00 bits per heavy atom. The minimum atomic E-state index is -0.0247. The van der Waals surface area contributed by atoms with Crippen molar-refractivity contribution in [2.45, 2.75) is 51.5 Å². The predicted octanol–water partition coefficient (Wildman–Crippen LogP) is 3.49. The van der Waals surface area contributed by atoms with E-state index in [2.05, 4.69) is 46.7 Å². The molecule has 24 heavy (non-hydrogen) atoms. The summed E-state index contributed by atoms with van der Waals surface area (Å²) in [5.41, 5.74) is 2.66. The molecule has 0 aromatic heterocycles. The van der Waals surface area contributed by atoms with Crippen LogP contribution < -0.4 is 10.6 Å². The standard InChI is InChI=1S/C20H31N3O/c1-16-7-6-14-23(15-16)13-5-4-12-21-20(24)22-19-11-10-17-8-2-3-9-18(17)19/h2-3,8-9,16,19H,4-7,10-15H2,1H3,(H2,21,22,24)/t16-,19-/m1/s1. The molecule has 1 fully saturated rings. The maximum atomic E-state index is 12.1. The topological polar surface area (TPSA) is 44.4 Å². The monoisotopic (exact) mass is 329 g/mol. The SMILES string of the molecule is C[C@@H]1CCCN(CCCCNC(=O)N[C@@H]2CCc3ccccc32)C1. The number of urea groups is 1. The maximum Gasteiger partial charge on any atom is 0.315 e. The van der Waals surface area contributed by atoms with Gasteiger partial charge in [0.1, 0.15) is 0 Å². The number of nitrogens with one attached hydrogen (secondary N) is 2. The number of carbonyl (C=O) groups excluding carboxylic acids is 1. The number of hydrogen-bond donors (Lipinski definition) is 2. The minimum Gasteiger partial charge on any atom is -0.338 e. The highest BCUT2D eigenvalue weighted by atomic mass is 16.2. The number of nitrogens with zero attached hydrogens (tertiary/aromatic N) is 1. The molecule has 1 heterocycles. The molecular formula is C20H31N3O. The smallest absolute Gasteiger partial charge is 0.315 e. The Morgan fingerprint density at radius 2 is 2.12 bits per heavy atom. The Labute approximate surface area is 146 Å². The molecule has 4 nitrogen and oxygen atoms in total. The fraction of sp³-hybridized carbons (Fsp3) is 0.650.